The van der Waals surface area contributed by atoms with Crippen LogP contribution in [-0.4, -0.2) is 24.7 Å². The van der Waals surface area contributed by atoms with Crippen molar-refractivity contribution in [2.24, 2.45) is 5.92 Å². The van der Waals surface area contributed by atoms with Gasteiger partial charge in [0.15, 0.2) is 11.6 Å². The molecule has 2 atom stereocenters. The molecular weight excluding hydrogens is 325 g/mol. The normalized spacial score (nSPS) is 19.6. The maximum absolute atomic E-state index is 15.0. The highest BCUT2D eigenvalue weighted by molar-refractivity contribution is 5.71. The number of carboxylic acids is 1. The molecular formula is C19H20FNO4. The van der Waals surface area contributed by atoms with E-state index >= 15 is 4.39 Å². The SMILES string of the molecule is COc1ccc(OCc2ccccc2)c(F)c1C1CC(C(=O)O)CN1. The van der Waals surface area contributed by atoms with Crippen molar-refractivity contribution in [2.45, 2.75) is 19.1 Å². The zero-order chi connectivity index (χ0) is 17.8. The summed E-state index contributed by atoms with van der Waals surface area (Å²) in [6, 6.07) is 12.2. The summed E-state index contributed by atoms with van der Waals surface area (Å²) in [4.78, 5) is 11.2. The monoisotopic (exact) mass is 345 g/mol. The highest BCUT2D eigenvalue weighted by atomic mass is 19.1. The lowest BCUT2D eigenvalue weighted by atomic mass is 9.98. The van der Waals surface area contributed by atoms with Gasteiger partial charge in [0.2, 0.25) is 0 Å². The van der Waals surface area contributed by atoms with Crippen molar-refractivity contribution >= 4 is 5.97 Å². The van der Waals surface area contributed by atoms with Crippen molar-refractivity contribution in [3.63, 3.8) is 0 Å². The van der Waals surface area contributed by atoms with Crippen molar-refractivity contribution in [2.75, 3.05) is 13.7 Å². The third kappa shape index (κ3) is 3.74. The molecule has 1 aliphatic heterocycles. The second kappa shape index (κ2) is 7.53. The zero-order valence-corrected chi connectivity index (χ0v) is 13.9. The average Bonchev–Trinajstić information content (AvgIpc) is 3.11. The summed E-state index contributed by atoms with van der Waals surface area (Å²) in [6.07, 6.45) is 0.310. The highest BCUT2D eigenvalue weighted by Crippen LogP contribution is 2.38. The minimum absolute atomic E-state index is 0.125. The molecule has 0 saturated carbocycles. The molecule has 2 unspecified atom stereocenters. The van der Waals surface area contributed by atoms with Crippen LogP contribution in [0.5, 0.6) is 11.5 Å². The summed E-state index contributed by atoms with van der Waals surface area (Å²) >= 11 is 0. The first-order valence-corrected chi connectivity index (χ1v) is 8.09. The van der Waals surface area contributed by atoms with E-state index in [2.05, 4.69) is 5.32 Å². The molecule has 2 aromatic carbocycles. The smallest absolute Gasteiger partial charge is 0.307 e. The first-order valence-electron chi connectivity index (χ1n) is 8.09. The van der Waals surface area contributed by atoms with Gasteiger partial charge in [-0.2, -0.15) is 0 Å². The predicted octanol–water partition coefficient (Wildman–Crippen LogP) is 3.15. The number of methoxy groups -OCH3 is 1. The lowest BCUT2D eigenvalue weighted by molar-refractivity contribution is -0.141. The molecule has 2 N–H and O–H groups in total. The summed E-state index contributed by atoms with van der Waals surface area (Å²) in [5.41, 5.74) is 1.25. The van der Waals surface area contributed by atoms with E-state index in [0.717, 1.165) is 5.56 Å². The van der Waals surface area contributed by atoms with Crippen LogP contribution in [0.1, 0.15) is 23.6 Å². The summed E-state index contributed by atoms with van der Waals surface area (Å²) in [6.45, 7) is 0.553. The summed E-state index contributed by atoms with van der Waals surface area (Å²) in [5.74, 6) is -1.43. The van der Waals surface area contributed by atoms with Gasteiger partial charge in [0.05, 0.1) is 18.6 Å². The zero-order valence-electron chi connectivity index (χ0n) is 13.9. The summed E-state index contributed by atoms with van der Waals surface area (Å²) in [7, 11) is 1.46. The quantitative estimate of drug-likeness (QED) is 0.842. The number of rotatable bonds is 6. The van der Waals surface area contributed by atoms with E-state index in [1.807, 2.05) is 30.3 Å². The van der Waals surface area contributed by atoms with Gasteiger partial charge in [0.1, 0.15) is 12.4 Å². The maximum Gasteiger partial charge on any atom is 0.307 e. The van der Waals surface area contributed by atoms with Crippen molar-refractivity contribution in [3.8, 4) is 11.5 Å². The number of halogens is 1. The fourth-order valence-electron chi connectivity index (χ4n) is 3.05. The Kier molecular flexibility index (Phi) is 5.19. The Morgan fingerprint density at radius 2 is 1.96 bits per heavy atom. The first kappa shape index (κ1) is 17.2. The van der Waals surface area contributed by atoms with E-state index in [1.165, 1.54) is 13.2 Å². The molecule has 1 heterocycles. The topological polar surface area (TPSA) is 67.8 Å². The van der Waals surface area contributed by atoms with Gasteiger partial charge in [-0.1, -0.05) is 30.3 Å². The molecule has 0 radical (unpaired) electrons. The minimum atomic E-state index is -0.883. The van der Waals surface area contributed by atoms with Gasteiger partial charge < -0.3 is 19.9 Å². The van der Waals surface area contributed by atoms with Crippen LogP contribution >= 0.6 is 0 Å². The van der Waals surface area contributed by atoms with Gasteiger partial charge in [0.25, 0.3) is 0 Å². The molecule has 1 saturated heterocycles. The molecule has 25 heavy (non-hydrogen) atoms. The number of benzene rings is 2. The van der Waals surface area contributed by atoms with E-state index in [9.17, 15) is 4.79 Å². The molecule has 0 spiro atoms. The molecule has 2 aromatic rings. The third-order valence-electron chi connectivity index (χ3n) is 4.39. The van der Waals surface area contributed by atoms with Gasteiger partial charge in [-0.05, 0) is 24.1 Å². The second-order valence-corrected chi connectivity index (χ2v) is 6.00. The Labute approximate surface area is 145 Å². The molecule has 1 aliphatic rings. The van der Waals surface area contributed by atoms with Crippen LogP contribution in [0, 0.1) is 11.7 Å². The lowest BCUT2D eigenvalue weighted by Crippen LogP contribution is -2.18. The molecule has 0 aromatic heterocycles. The van der Waals surface area contributed by atoms with E-state index in [0.29, 0.717) is 24.3 Å². The fraction of sp³-hybridized carbons (Fsp3) is 0.316. The Hall–Kier alpha value is -2.60. The average molecular weight is 345 g/mol. The second-order valence-electron chi connectivity index (χ2n) is 6.00. The van der Waals surface area contributed by atoms with Crippen LogP contribution in [0.25, 0.3) is 0 Å². The number of aliphatic carboxylic acids is 1. The molecule has 6 heteroatoms. The van der Waals surface area contributed by atoms with Gasteiger partial charge in [-0.25, -0.2) is 4.39 Å². The Balaban J connectivity index is 1.83. The Bertz CT molecular complexity index is 751. The molecule has 132 valence electrons. The maximum atomic E-state index is 15.0. The third-order valence-corrected chi connectivity index (χ3v) is 4.39. The largest absolute Gasteiger partial charge is 0.496 e. The van der Waals surface area contributed by atoms with E-state index in [4.69, 9.17) is 14.6 Å². The molecule has 0 bridgehead atoms. The number of hydrogen-bond acceptors (Lipinski definition) is 4. The highest BCUT2D eigenvalue weighted by Gasteiger charge is 2.34. The van der Waals surface area contributed by atoms with Gasteiger partial charge in [0, 0.05) is 12.6 Å². The van der Waals surface area contributed by atoms with E-state index in [-0.39, 0.29) is 12.4 Å². The van der Waals surface area contributed by atoms with Crippen LogP contribution in [0.3, 0.4) is 0 Å². The van der Waals surface area contributed by atoms with Crippen LogP contribution in [0.4, 0.5) is 4.39 Å². The van der Waals surface area contributed by atoms with E-state index in [1.54, 1.807) is 6.07 Å². The summed E-state index contributed by atoms with van der Waals surface area (Å²) in [5, 5.41) is 12.2. The van der Waals surface area contributed by atoms with Gasteiger partial charge >= 0.3 is 5.97 Å². The number of carbonyl (C=O) groups is 1. The molecule has 5 nitrogen and oxygen atoms in total. The van der Waals surface area contributed by atoms with Gasteiger partial charge in [-0.15, -0.1) is 0 Å². The van der Waals surface area contributed by atoms with Crippen LogP contribution in [0.2, 0.25) is 0 Å². The van der Waals surface area contributed by atoms with Crippen molar-refractivity contribution < 1.29 is 23.8 Å². The number of carboxylic acid groups (broad SMARTS) is 1. The van der Waals surface area contributed by atoms with Crippen molar-refractivity contribution in [1.29, 1.82) is 0 Å². The fourth-order valence-corrected chi connectivity index (χ4v) is 3.05. The van der Waals surface area contributed by atoms with Crippen LogP contribution < -0.4 is 14.8 Å². The lowest BCUT2D eigenvalue weighted by Gasteiger charge is -2.18. The van der Waals surface area contributed by atoms with Crippen LogP contribution in [-0.2, 0) is 11.4 Å². The van der Waals surface area contributed by atoms with Gasteiger partial charge in [-0.3, -0.25) is 4.79 Å². The molecule has 1 fully saturated rings. The number of hydrogen-bond donors (Lipinski definition) is 2. The molecule has 0 amide bonds. The molecule has 0 aliphatic carbocycles. The molecule has 3 rings (SSSR count). The van der Waals surface area contributed by atoms with Crippen LogP contribution in [0.15, 0.2) is 42.5 Å². The van der Waals surface area contributed by atoms with Crippen molar-refractivity contribution in [1.82, 2.24) is 5.32 Å². The van der Waals surface area contributed by atoms with Crippen molar-refractivity contribution in [3.05, 3.63) is 59.4 Å². The minimum Gasteiger partial charge on any atom is -0.496 e. The van der Waals surface area contributed by atoms with E-state index < -0.39 is 23.7 Å². The predicted molar refractivity (Wildman–Crippen MR) is 90.2 cm³/mol. The Morgan fingerprint density at radius 1 is 1.24 bits per heavy atom. The Morgan fingerprint density at radius 3 is 2.60 bits per heavy atom. The number of nitrogens with one attached hydrogen (secondary N) is 1. The first-order chi connectivity index (χ1) is 12.1. The summed E-state index contributed by atoms with van der Waals surface area (Å²) < 4.78 is 25.9. The number of ether oxygens (including phenoxy) is 2. The standard InChI is InChI=1S/C19H20FNO4/c1-24-15-7-8-16(25-11-12-5-3-2-4-6-12)18(20)17(15)14-9-13(10-21-14)19(22)23/h2-8,13-14,21H,9-11H2,1H3,(H,22,23).